The summed E-state index contributed by atoms with van der Waals surface area (Å²) >= 11 is 0. The molecule has 2 aliphatic rings. The summed E-state index contributed by atoms with van der Waals surface area (Å²) in [6.07, 6.45) is 20.5. The first-order chi connectivity index (χ1) is 15.2. The van der Waals surface area contributed by atoms with Crippen molar-refractivity contribution in [2.45, 2.75) is 94.4 Å². The smallest absolute Gasteiger partial charge is 0.0454 e. The third kappa shape index (κ3) is 6.36. The van der Waals surface area contributed by atoms with E-state index in [2.05, 4.69) is 98.8 Å². The molecule has 0 saturated carbocycles. The molecule has 0 radical (unpaired) electrons. The summed E-state index contributed by atoms with van der Waals surface area (Å²) in [7, 11) is 0. The van der Waals surface area contributed by atoms with Crippen LogP contribution in [0.25, 0.3) is 0 Å². The molecular weight excluding hydrogens is 386 g/mol. The van der Waals surface area contributed by atoms with Gasteiger partial charge in [-0.1, -0.05) is 96.9 Å². The number of hydrogen-bond acceptors (Lipinski definition) is 1. The highest BCUT2D eigenvalue weighted by Crippen LogP contribution is 2.46. The lowest BCUT2D eigenvalue weighted by molar-refractivity contribution is 0.0623. The summed E-state index contributed by atoms with van der Waals surface area (Å²) in [5.74, 6) is 3.75. The maximum atomic E-state index is 5.09. The third-order valence-electron chi connectivity index (χ3n) is 8.97. The van der Waals surface area contributed by atoms with Crippen LogP contribution >= 0.6 is 0 Å². The Morgan fingerprint density at radius 3 is 2.31 bits per heavy atom. The standard InChI is InChI=1S/C31H51N/c1-10-29(31(11-2,12-3)22(4)5)20-25(8)26(9)32-21-27-15-17-28(18-16-27)30-19-23(6)13-14-24(30)7/h13-15,17-19,22,24-25,27,29-30H,10-12,16,20-21H2,1-9H3. The van der Waals surface area contributed by atoms with Gasteiger partial charge < -0.3 is 0 Å². The first kappa shape index (κ1) is 26.9. The van der Waals surface area contributed by atoms with Gasteiger partial charge in [0, 0.05) is 24.1 Å². The third-order valence-corrected chi connectivity index (χ3v) is 8.97. The van der Waals surface area contributed by atoms with Crippen molar-refractivity contribution in [3.8, 4) is 0 Å². The van der Waals surface area contributed by atoms with Crippen LogP contribution < -0.4 is 0 Å². The van der Waals surface area contributed by atoms with E-state index in [0.717, 1.165) is 24.8 Å². The van der Waals surface area contributed by atoms with E-state index in [9.17, 15) is 0 Å². The highest BCUT2D eigenvalue weighted by molar-refractivity contribution is 5.84. The number of allylic oxidation sites excluding steroid dienone is 7. The second-order valence-electron chi connectivity index (χ2n) is 11.0. The molecule has 0 N–H and O–H groups in total. The van der Waals surface area contributed by atoms with Crippen LogP contribution in [0.3, 0.4) is 0 Å². The molecule has 2 aliphatic carbocycles. The molecule has 0 spiro atoms. The Labute approximate surface area is 200 Å². The number of nitrogens with zero attached hydrogens (tertiary/aromatic N) is 1. The van der Waals surface area contributed by atoms with Gasteiger partial charge in [-0.05, 0) is 74.2 Å². The second-order valence-corrected chi connectivity index (χ2v) is 11.0. The Bertz CT molecular complexity index is 740. The zero-order valence-electron chi connectivity index (χ0n) is 22.6. The summed E-state index contributed by atoms with van der Waals surface area (Å²) in [4.78, 5) is 5.09. The SMILES string of the molecule is CCC(CC(C)C(C)=NCC1C=CC(C2C=C(C)C=CC2C)=CC1)C(CC)(CC)C(C)C. The van der Waals surface area contributed by atoms with E-state index in [0.29, 0.717) is 29.1 Å². The molecule has 5 atom stereocenters. The summed E-state index contributed by atoms with van der Waals surface area (Å²) in [5.41, 5.74) is 4.69. The molecule has 0 aromatic heterocycles. The molecule has 0 saturated heterocycles. The van der Waals surface area contributed by atoms with Crippen LogP contribution in [0.5, 0.6) is 0 Å². The van der Waals surface area contributed by atoms with E-state index in [4.69, 9.17) is 4.99 Å². The van der Waals surface area contributed by atoms with Gasteiger partial charge in [0.2, 0.25) is 0 Å². The van der Waals surface area contributed by atoms with E-state index in [-0.39, 0.29) is 0 Å². The Hall–Kier alpha value is -1.37. The van der Waals surface area contributed by atoms with Gasteiger partial charge in [-0.3, -0.25) is 4.99 Å². The van der Waals surface area contributed by atoms with E-state index in [1.165, 1.54) is 42.5 Å². The van der Waals surface area contributed by atoms with Crippen molar-refractivity contribution in [3.05, 3.63) is 47.6 Å². The molecule has 0 heterocycles. The van der Waals surface area contributed by atoms with Gasteiger partial charge in [0.1, 0.15) is 0 Å². The first-order valence-corrected chi connectivity index (χ1v) is 13.4. The molecule has 0 aliphatic heterocycles. The van der Waals surface area contributed by atoms with Crippen molar-refractivity contribution < 1.29 is 0 Å². The Morgan fingerprint density at radius 2 is 1.78 bits per heavy atom. The fourth-order valence-electron chi connectivity index (χ4n) is 6.32. The fraction of sp³-hybridized carbons (Fsp3) is 0.710. The molecule has 1 nitrogen and oxygen atoms in total. The van der Waals surface area contributed by atoms with Crippen molar-refractivity contribution in [1.29, 1.82) is 0 Å². The maximum Gasteiger partial charge on any atom is 0.0454 e. The lowest BCUT2D eigenvalue weighted by Crippen LogP contribution is -2.36. The number of hydrogen-bond donors (Lipinski definition) is 0. The van der Waals surface area contributed by atoms with Gasteiger partial charge in [0.25, 0.3) is 0 Å². The molecule has 0 fully saturated rings. The minimum absolute atomic E-state index is 0.467. The van der Waals surface area contributed by atoms with Gasteiger partial charge in [0.05, 0.1) is 0 Å². The average Bonchev–Trinajstić information content (AvgIpc) is 2.79. The zero-order chi connectivity index (χ0) is 23.9. The van der Waals surface area contributed by atoms with Crippen LogP contribution in [0.2, 0.25) is 0 Å². The second kappa shape index (κ2) is 12.2. The molecule has 0 aromatic carbocycles. The van der Waals surface area contributed by atoms with Gasteiger partial charge in [0.15, 0.2) is 0 Å². The summed E-state index contributed by atoms with van der Waals surface area (Å²) < 4.78 is 0. The van der Waals surface area contributed by atoms with Crippen LogP contribution in [0.4, 0.5) is 0 Å². The predicted octanol–water partition coefficient (Wildman–Crippen LogP) is 9.23. The van der Waals surface area contributed by atoms with Crippen LogP contribution in [0.1, 0.15) is 94.4 Å². The minimum Gasteiger partial charge on any atom is -0.294 e. The van der Waals surface area contributed by atoms with Crippen LogP contribution in [-0.4, -0.2) is 12.3 Å². The molecule has 2 rings (SSSR count). The highest BCUT2D eigenvalue weighted by atomic mass is 14.7. The van der Waals surface area contributed by atoms with Crippen molar-refractivity contribution >= 4 is 5.71 Å². The molecule has 5 unspecified atom stereocenters. The van der Waals surface area contributed by atoms with Crippen molar-refractivity contribution in [3.63, 3.8) is 0 Å². The maximum absolute atomic E-state index is 5.09. The van der Waals surface area contributed by atoms with Crippen LogP contribution in [0.15, 0.2) is 52.6 Å². The van der Waals surface area contributed by atoms with Gasteiger partial charge in [-0.2, -0.15) is 0 Å². The molecule has 32 heavy (non-hydrogen) atoms. The van der Waals surface area contributed by atoms with Crippen molar-refractivity contribution in [2.75, 3.05) is 6.54 Å². The zero-order valence-corrected chi connectivity index (χ0v) is 22.6. The molecule has 180 valence electrons. The topological polar surface area (TPSA) is 12.4 Å². The molecule has 0 aromatic rings. The van der Waals surface area contributed by atoms with Crippen molar-refractivity contribution in [1.82, 2.24) is 0 Å². The van der Waals surface area contributed by atoms with Gasteiger partial charge >= 0.3 is 0 Å². The van der Waals surface area contributed by atoms with Crippen LogP contribution in [0, 0.1) is 40.9 Å². The van der Waals surface area contributed by atoms with E-state index < -0.39 is 0 Å². The molecule has 0 amide bonds. The number of aliphatic imine (C=N–C) groups is 1. The van der Waals surface area contributed by atoms with Gasteiger partial charge in [-0.15, -0.1) is 0 Å². The Morgan fingerprint density at radius 1 is 1.09 bits per heavy atom. The summed E-state index contributed by atoms with van der Waals surface area (Å²) in [6.45, 7) is 22.2. The Kier molecular flexibility index (Phi) is 10.2. The van der Waals surface area contributed by atoms with E-state index in [1.807, 2.05) is 0 Å². The molecule has 1 heteroatoms. The lowest BCUT2D eigenvalue weighted by atomic mass is 9.61. The Balaban J connectivity index is 1.96. The van der Waals surface area contributed by atoms with E-state index >= 15 is 0 Å². The largest absolute Gasteiger partial charge is 0.294 e. The quantitative estimate of drug-likeness (QED) is 0.286. The monoisotopic (exact) mass is 437 g/mol. The fourth-order valence-corrected chi connectivity index (χ4v) is 6.32. The molecular formula is C31H51N. The van der Waals surface area contributed by atoms with Gasteiger partial charge in [-0.25, -0.2) is 0 Å². The summed E-state index contributed by atoms with van der Waals surface area (Å²) in [5, 5.41) is 0. The lowest BCUT2D eigenvalue weighted by Gasteiger charge is -2.44. The molecule has 0 bridgehead atoms. The predicted molar refractivity (Wildman–Crippen MR) is 144 cm³/mol. The highest BCUT2D eigenvalue weighted by Gasteiger charge is 2.38. The first-order valence-electron chi connectivity index (χ1n) is 13.4. The minimum atomic E-state index is 0.467. The summed E-state index contributed by atoms with van der Waals surface area (Å²) in [6, 6.07) is 0. The average molecular weight is 438 g/mol. The number of rotatable bonds is 11. The normalized spacial score (nSPS) is 26.2. The van der Waals surface area contributed by atoms with Crippen molar-refractivity contribution in [2.24, 2.45) is 45.9 Å². The van der Waals surface area contributed by atoms with E-state index in [1.54, 1.807) is 0 Å². The van der Waals surface area contributed by atoms with Crippen LogP contribution in [-0.2, 0) is 0 Å².